The van der Waals surface area contributed by atoms with Gasteiger partial charge in [0.1, 0.15) is 0 Å². The molecule has 2 N–H and O–H groups in total. The molecule has 7 heteroatoms. The summed E-state index contributed by atoms with van der Waals surface area (Å²) in [6.07, 6.45) is 1.61. The van der Waals surface area contributed by atoms with Crippen molar-refractivity contribution in [2.24, 2.45) is 0 Å². The van der Waals surface area contributed by atoms with Crippen LogP contribution in [-0.2, 0) is 4.79 Å². The van der Waals surface area contributed by atoms with Gasteiger partial charge in [-0.05, 0) is 40.9 Å². The Morgan fingerprint density at radius 1 is 1.38 bits per heavy atom. The number of hydrogen-bond acceptors (Lipinski definition) is 4. The summed E-state index contributed by atoms with van der Waals surface area (Å²) in [6.45, 7) is 4.04. The molecule has 0 aromatic carbocycles. The van der Waals surface area contributed by atoms with Gasteiger partial charge in [-0.15, -0.1) is 0 Å². The number of aliphatic hydroxyl groups excluding tert-OH is 1. The van der Waals surface area contributed by atoms with Gasteiger partial charge < -0.3 is 19.7 Å². The summed E-state index contributed by atoms with van der Waals surface area (Å²) in [6, 6.07) is 3.20. The molecule has 0 unspecified atom stereocenters. The highest BCUT2D eigenvalue weighted by molar-refractivity contribution is 9.10. The van der Waals surface area contributed by atoms with Gasteiger partial charge in [-0.25, -0.2) is 0 Å². The zero-order chi connectivity index (χ0) is 15.8. The Morgan fingerprint density at radius 3 is 2.52 bits per heavy atom. The van der Waals surface area contributed by atoms with Crippen molar-refractivity contribution in [3.05, 3.63) is 22.6 Å². The number of carbonyl (C=O) groups is 2. The van der Waals surface area contributed by atoms with Gasteiger partial charge in [0.15, 0.2) is 10.4 Å². The number of nitrogens with zero attached hydrogens (tertiary/aromatic N) is 1. The molecule has 0 saturated heterocycles. The fourth-order valence-corrected chi connectivity index (χ4v) is 2.44. The lowest BCUT2D eigenvalue weighted by molar-refractivity contribution is -0.133. The molecule has 6 nitrogen and oxygen atoms in total. The third-order valence-corrected chi connectivity index (χ3v) is 3.67. The van der Waals surface area contributed by atoms with E-state index in [4.69, 9.17) is 9.52 Å². The van der Waals surface area contributed by atoms with Crippen LogP contribution < -0.4 is 5.32 Å². The average Bonchev–Trinajstić information content (AvgIpc) is 2.91. The van der Waals surface area contributed by atoms with Crippen LogP contribution in [0.2, 0.25) is 0 Å². The average molecular weight is 361 g/mol. The van der Waals surface area contributed by atoms with Crippen molar-refractivity contribution in [1.29, 1.82) is 0 Å². The number of halogens is 1. The van der Waals surface area contributed by atoms with Gasteiger partial charge in [-0.2, -0.15) is 0 Å². The Morgan fingerprint density at radius 2 is 2.05 bits per heavy atom. The predicted octanol–water partition coefficient (Wildman–Crippen LogP) is 1.78. The van der Waals surface area contributed by atoms with Gasteiger partial charge in [0.2, 0.25) is 5.91 Å². The van der Waals surface area contributed by atoms with Crippen LogP contribution in [0.15, 0.2) is 21.2 Å². The van der Waals surface area contributed by atoms with E-state index >= 15 is 0 Å². The van der Waals surface area contributed by atoms with E-state index in [2.05, 4.69) is 21.2 Å². The molecule has 0 spiro atoms. The SMILES string of the molecule is CCC(CC)N(CCO)C(=O)CNC(=O)c1ccc(Br)o1. The van der Waals surface area contributed by atoms with Gasteiger partial charge >= 0.3 is 0 Å². The molecule has 0 aliphatic heterocycles. The van der Waals surface area contributed by atoms with Gasteiger partial charge in [-0.1, -0.05) is 13.8 Å². The second kappa shape index (κ2) is 8.84. The summed E-state index contributed by atoms with van der Waals surface area (Å²) in [7, 11) is 0. The van der Waals surface area contributed by atoms with E-state index in [0.717, 1.165) is 12.8 Å². The smallest absolute Gasteiger partial charge is 0.287 e. The first-order valence-corrected chi connectivity index (χ1v) is 7.76. The first kappa shape index (κ1) is 17.7. The van der Waals surface area contributed by atoms with Crippen LogP contribution in [0, 0.1) is 0 Å². The number of amides is 2. The number of nitrogens with one attached hydrogen (secondary N) is 1. The van der Waals surface area contributed by atoms with Crippen LogP contribution in [0.5, 0.6) is 0 Å². The van der Waals surface area contributed by atoms with Crippen molar-refractivity contribution < 1.29 is 19.1 Å². The van der Waals surface area contributed by atoms with E-state index in [-0.39, 0.29) is 37.4 Å². The summed E-state index contributed by atoms with van der Waals surface area (Å²) in [5, 5.41) is 11.6. The highest BCUT2D eigenvalue weighted by Crippen LogP contribution is 2.13. The normalized spacial score (nSPS) is 10.7. The molecule has 0 fully saturated rings. The summed E-state index contributed by atoms with van der Waals surface area (Å²) in [5.74, 6) is -0.509. The maximum atomic E-state index is 12.2. The fourth-order valence-electron chi connectivity index (χ4n) is 2.13. The Balaban J connectivity index is 2.59. The van der Waals surface area contributed by atoms with Crippen LogP contribution in [0.4, 0.5) is 0 Å². The first-order chi connectivity index (χ1) is 10.0. The number of aliphatic hydroxyl groups is 1. The third kappa shape index (κ3) is 5.17. The summed E-state index contributed by atoms with van der Waals surface area (Å²) in [5.41, 5.74) is 0. The van der Waals surface area contributed by atoms with Crippen molar-refractivity contribution in [2.75, 3.05) is 19.7 Å². The lowest BCUT2D eigenvalue weighted by Crippen LogP contribution is -2.46. The number of hydrogen-bond donors (Lipinski definition) is 2. The largest absolute Gasteiger partial charge is 0.444 e. The molecule has 0 radical (unpaired) electrons. The molecule has 1 aromatic rings. The summed E-state index contributed by atoms with van der Waals surface area (Å²) >= 11 is 3.11. The standard InChI is InChI=1S/C14H21BrN2O4/c1-3-10(4-2)17(7-8-18)13(19)9-16-14(20)11-5-6-12(15)21-11/h5-6,10,18H,3-4,7-9H2,1-2H3,(H,16,20). The van der Waals surface area contributed by atoms with Gasteiger partial charge in [0.25, 0.3) is 5.91 Å². The Bertz CT molecular complexity index is 471. The highest BCUT2D eigenvalue weighted by Gasteiger charge is 2.21. The number of carbonyl (C=O) groups excluding carboxylic acids is 2. The summed E-state index contributed by atoms with van der Waals surface area (Å²) in [4.78, 5) is 25.6. The fraction of sp³-hybridized carbons (Fsp3) is 0.571. The van der Waals surface area contributed by atoms with E-state index in [1.165, 1.54) is 6.07 Å². The Labute approximate surface area is 132 Å². The summed E-state index contributed by atoms with van der Waals surface area (Å²) < 4.78 is 5.57. The molecule has 0 aliphatic rings. The minimum Gasteiger partial charge on any atom is -0.444 e. The van der Waals surface area contributed by atoms with Crippen LogP contribution in [-0.4, -0.2) is 47.6 Å². The second-order valence-corrected chi connectivity index (χ2v) is 5.35. The van der Waals surface area contributed by atoms with Gasteiger partial charge in [-0.3, -0.25) is 9.59 Å². The molecule has 1 rings (SSSR count). The monoisotopic (exact) mass is 360 g/mol. The highest BCUT2D eigenvalue weighted by atomic mass is 79.9. The predicted molar refractivity (Wildman–Crippen MR) is 81.9 cm³/mol. The van der Waals surface area contributed by atoms with E-state index in [9.17, 15) is 9.59 Å². The lowest BCUT2D eigenvalue weighted by Gasteiger charge is -2.30. The zero-order valence-corrected chi connectivity index (χ0v) is 13.9. The van der Waals surface area contributed by atoms with Crippen LogP contribution >= 0.6 is 15.9 Å². The van der Waals surface area contributed by atoms with Gasteiger partial charge in [0, 0.05) is 12.6 Å². The molecule has 21 heavy (non-hydrogen) atoms. The van der Waals surface area contributed by atoms with Crippen molar-refractivity contribution >= 4 is 27.7 Å². The third-order valence-electron chi connectivity index (χ3n) is 3.24. The molecule has 1 heterocycles. The number of rotatable bonds is 8. The zero-order valence-electron chi connectivity index (χ0n) is 12.3. The lowest BCUT2D eigenvalue weighted by atomic mass is 10.1. The van der Waals surface area contributed by atoms with Gasteiger partial charge in [0.05, 0.1) is 13.2 Å². The minimum absolute atomic E-state index is 0.0688. The maximum Gasteiger partial charge on any atom is 0.287 e. The number of furan rings is 1. The van der Waals surface area contributed by atoms with Crippen molar-refractivity contribution in [3.63, 3.8) is 0 Å². The maximum absolute atomic E-state index is 12.2. The molecule has 0 saturated carbocycles. The molecule has 1 aromatic heterocycles. The quantitative estimate of drug-likeness (QED) is 0.740. The molecule has 0 atom stereocenters. The van der Waals surface area contributed by atoms with E-state index in [1.54, 1.807) is 11.0 Å². The van der Waals surface area contributed by atoms with E-state index in [0.29, 0.717) is 4.67 Å². The molecule has 118 valence electrons. The van der Waals surface area contributed by atoms with Crippen molar-refractivity contribution in [1.82, 2.24) is 10.2 Å². The molecule has 2 amide bonds. The topological polar surface area (TPSA) is 82.8 Å². The minimum atomic E-state index is -0.442. The van der Waals surface area contributed by atoms with Crippen LogP contribution in [0.3, 0.4) is 0 Å². The van der Waals surface area contributed by atoms with Crippen LogP contribution in [0.25, 0.3) is 0 Å². The Kier molecular flexibility index (Phi) is 7.45. The van der Waals surface area contributed by atoms with Crippen molar-refractivity contribution in [3.8, 4) is 0 Å². The molecule has 0 aliphatic carbocycles. The first-order valence-electron chi connectivity index (χ1n) is 6.97. The molecular formula is C14H21BrN2O4. The van der Waals surface area contributed by atoms with Crippen molar-refractivity contribution in [2.45, 2.75) is 32.7 Å². The van der Waals surface area contributed by atoms with E-state index < -0.39 is 5.91 Å². The van der Waals surface area contributed by atoms with Crippen LogP contribution in [0.1, 0.15) is 37.2 Å². The molecular weight excluding hydrogens is 340 g/mol. The molecule has 0 bridgehead atoms. The van der Waals surface area contributed by atoms with E-state index in [1.807, 2.05) is 13.8 Å². The Hall–Kier alpha value is -1.34. The second-order valence-electron chi connectivity index (χ2n) is 4.57.